The Balaban J connectivity index is 1.42. The Bertz CT molecular complexity index is 1440. The summed E-state index contributed by atoms with van der Waals surface area (Å²) in [6, 6.07) is 23.0. The van der Waals surface area contributed by atoms with Crippen molar-refractivity contribution in [1.82, 2.24) is 14.8 Å². The number of carbonyl (C=O) groups excluding carboxylic acids is 2. The van der Waals surface area contributed by atoms with Crippen LogP contribution < -0.4 is 4.74 Å². The lowest BCUT2D eigenvalue weighted by Crippen LogP contribution is -2.51. The van der Waals surface area contributed by atoms with Crippen molar-refractivity contribution < 1.29 is 14.3 Å². The molecule has 8 heteroatoms. The van der Waals surface area contributed by atoms with Crippen LogP contribution in [0.3, 0.4) is 0 Å². The van der Waals surface area contributed by atoms with Crippen molar-refractivity contribution in [3.05, 3.63) is 92.9 Å². The van der Waals surface area contributed by atoms with Crippen LogP contribution in [0.4, 0.5) is 0 Å². The zero-order chi connectivity index (χ0) is 25.2. The van der Waals surface area contributed by atoms with Crippen molar-refractivity contribution in [2.45, 2.75) is 6.54 Å². The molecule has 1 fully saturated rings. The van der Waals surface area contributed by atoms with Crippen LogP contribution in [0.15, 0.2) is 81.7 Å². The van der Waals surface area contributed by atoms with Gasteiger partial charge in [-0.1, -0.05) is 44.0 Å². The van der Waals surface area contributed by atoms with Crippen molar-refractivity contribution >= 4 is 54.6 Å². The van der Waals surface area contributed by atoms with Crippen molar-refractivity contribution in [2.75, 3.05) is 26.7 Å². The molecule has 1 saturated heterocycles. The van der Waals surface area contributed by atoms with Gasteiger partial charge < -0.3 is 14.5 Å². The molecule has 0 N–H and O–H groups in total. The highest BCUT2D eigenvalue weighted by Gasteiger charge is 2.29. The molecule has 0 saturated carbocycles. The second-order valence-corrected chi connectivity index (χ2v) is 10.4. The molecule has 0 spiro atoms. The van der Waals surface area contributed by atoms with E-state index in [1.165, 1.54) is 0 Å². The summed E-state index contributed by atoms with van der Waals surface area (Å²) in [5.74, 6) is 0.513. The molecule has 1 aliphatic heterocycles. The van der Waals surface area contributed by atoms with E-state index >= 15 is 0 Å². The summed E-state index contributed by atoms with van der Waals surface area (Å²) >= 11 is 6.95. The molecule has 2 amide bonds. The Morgan fingerprint density at radius 3 is 2.36 bits per heavy atom. The molecule has 6 nitrogen and oxygen atoms in total. The molecule has 182 valence electrons. The van der Waals surface area contributed by atoms with Gasteiger partial charge in [0, 0.05) is 39.5 Å². The molecule has 0 bridgehead atoms. The van der Waals surface area contributed by atoms with Gasteiger partial charge in [-0.3, -0.25) is 9.59 Å². The molecule has 0 unspecified atom stereocenters. The first kappa shape index (κ1) is 24.5. The van der Waals surface area contributed by atoms with Crippen LogP contribution in [-0.2, 0) is 11.3 Å². The number of halogens is 2. The number of methoxy groups -OCH3 is 1. The van der Waals surface area contributed by atoms with Gasteiger partial charge in [0.15, 0.2) is 0 Å². The quantitative estimate of drug-likeness (QED) is 0.282. The van der Waals surface area contributed by atoms with Gasteiger partial charge >= 0.3 is 0 Å². The van der Waals surface area contributed by atoms with Crippen molar-refractivity contribution in [2.24, 2.45) is 0 Å². The average Bonchev–Trinajstić information content (AvgIpc) is 2.90. The third-order valence-electron chi connectivity index (χ3n) is 6.28. The standard InChI is InChI=1S/C28H23Br2N3O3/c1-36-22-9-4-19(5-10-22)26-15-24(23-14-21(30)8-11-25(23)31-26)28(35)33-13-12-32(27(34)17-33)16-18-2-6-20(29)7-3-18/h2-11,14-15H,12-13,16-17H2,1H3. The van der Waals surface area contributed by atoms with Gasteiger partial charge in [-0.05, 0) is 66.2 Å². The number of aromatic nitrogens is 1. The number of rotatable bonds is 5. The molecular formula is C28H23Br2N3O3. The number of fused-ring (bicyclic) bond motifs is 1. The summed E-state index contributed by atoms with van der Waals surface area (Å²) in [6.45, 7) is 1.53. The van der Waals surface area contributed by atoms with Crippen LogP contribution in [0.2, 0.25) is 0 Å². The fourth-order valence-corrected chi connectivity index (χ4v) is 4.94. The first-order valence-corrected chi connectivity index (χ1v) is 13.1. The lowest BCUT2D eigenvalue weighted by Gasteiger charge is -2.34. The lowest BCUT2D eigenvalue weighted by molar-refractivity contribution is -0.135. The van der Waals surface area contributed by atoms with Gasteiger partial charge in [0.25, 0.3) is 5.91 Å². The van der Waals surface area contributed by atoms with E-state index in [1.54, 1.807) is 16.9 Å². The number of benzene rings is 3. The van der Waals surface area contributed by atoms with Crippen LogP contribution in [0.25, 0.3) is 22.2 Å². The van der Waals surface area contributed by atoms with Crippen LogP contribution >= 0.6 is 31.9 Å². The van der Waals surface area contributed by atoms with Gasteiger partial charge in [0.05, 0.1) is 23.9 Å². The van der Waals surface area contributed by atoms with Crippen molar-refractivity contribution in [1.29, 1.82) is 0 Å². The number of hydrogen-bond acceptors (Lipinski definition) is 4. The predicted octanol–water partition coefficient (Wildman–Crippen LogP) is 5.92. The number of carbonyl (C=O) groups is 2. The molecule has 4 aromatic rings. The number of hydrogen-bond donors (Lipinski definition) is 0. The van der Waals surface area contributed by atoms with Crippen molar-refractivity contribution in [3.63, 3.8) is 0 Å². The van der Waals surface area contributed by atoms with E-state index < -0.39 is 0 Å². The minimum atomic E-state index is -0.174. The maximum Gasteiger partial charge on any atom is 0.255 e. The van der Waals surface area contributed by atoms with E-state index in [4.69, 9.17) is 9.72 Å². The minimum Gasteiger partial charge on any atom is -0.497 e. The Morgan fingerprint density at radius 1 is 0.944 bits per heavy atom. The minimum absolute atomic E-state index is 0.0467. The molecule has 5 rings (SSSR count). The highest BCUT2D eigenvalue weighted by Crippen LogP contribution is 2.29. The number of amides is 2. The number of pyridine rings is 1. The second kappa shape index (κ2) is 10.4. The number of nitrogens with zero attached hydrogens (tertiary/aromatic N) is 3. The molecule has 3 aromatic carbocycles. The summed E-state index contributed by atoms with van der Waals surface area (Å²) in [5, 5.41) is 0.747. The molecule has 36 heavy (non-hydrogen) atoms. The fraction of sp³-hybridized carbons (Fsp3) is 0.179. The van der Waals surface area contributed by atoms with Crippen LogP contribution in [0.5, 0.6) is 5.75 Å². The van der Waals surface area contributed by atoms with E-state index in [1.807, 2.05) is 72.8 Å². The third kappa shape index (κ3) is 5.15. The van der Waals surface area contributed by atoms with Gasteiger partial charge in [0.2, 0.25) is 5.91 Å². The van der Waals surface area contributed by atoms with Crippen LogP contribution in [0.1, 0.15) is 15.9 Å². The molecule has 1 aromatic heterocycles. The monoisotopic (exact) mass is 607 g/mol. The SMILES string of the molecule is COc1ccc(-c2cc(C(=O)N3CCN(Cc4ccc(Br)cc4)C(=O)C3)c3cc(Br)ccc3n2)cc1. The van der Waals surface area contributed by atoms with E-state index in [0.29, 0.717) is 30.9 Å². The third-order valence-corrected chi connectivity index (χ3v) is 7.30. The number of piperazine rings is 1. The molecule has 0 radical (unpaired) electrons. The summed E-state index contributed by atoms with van der Waals surface area (Å²) in [7, 11) is 1.62. The maximum absolute atomic E-state index is 13.7. The molecular weight excluding hydrogens is 586 g/mol. The summed E-state index contributed by atoms with van der Waals surface area (Å²) in [6.07, 6.45) is 0. The van der Waals surface area contributed by atoms with Crippen molar-refractivity contribution in [3.8, 4) is 17.0 Å². The first-order valence-electron chi connectivity index (χ1n) is 11.5. The summed E-state index contributed by atoms with van der Waals surface area (Å²) < 4.78 is 7.12. The average molecular weight is 609 g/mol. The Kier molecular flexibility index (Phi) is 7.07. The maximum atomic E-state index is 13.7. The lowest BCUT2D eigenvalue weighted by atomic mass is 10.0. The van der Waals surface area contributed by atoms with Gasteiger partial charge in [-0.25, -0.2) is 4.98 Å². The van der Waals surface area contributed by atoms with Crippen LogP contribution in [0, 0.1) is 0 Å². The Morgan fingerprint density at radius 2 is 1.67 bits per heavy atom. The normalized spacial score (nSPS) is 13.8. The zero-order valence-corrected chi connectivity index (χ0v) is 22.8. The number of ether oxygens (including phenoxy) is 1. The Hall–Kier alpha value is -3.23. The molecule has 2 heterocycles. The fourth-order valence-electron chi connectivity index (χ4n) is 4.31. The largest absolute Gasteiger partial charge is 0.497 e. The smallest absolute Gasteiger partial charge is 0.255 e. The van der Waals surface area contributed by atoms with E-state index in [-0.39, 0.29) is 18.4 Å². The van der Waals surface area contributed by atoms with Gasteiger partial charge in [-0.15, -0.1) is 0 Å². The van der Waals surface area contributed by atoms with Gasteiger partial charge in [0.1, 0.15) is 12.3 Å². The molecule has 0 aliphatic carbocycles. The van der Waals surface area contributed by atoms with E-state index in [0.717, 1.165) is 36.7 Å². The summed E-state index contributed by atoms with van der Waals surface area (Å²) in [5.41, 5.74) is 3.87. The van der Waals surface area contributed by atoms with E-state index in [2.05, 4.69) is 31.9 Å². The predicted molar refractivity (Wildman–Crippen MR) is 147 cm³/mol. The Labute approximate surface area is 226 Å². The van der Waals surface area contributed by atoms with E-state index in [9.17, 15) is 9.59 Å². The van der Waals surface area contributed by atoms with Gasteiger partial charge in [-0.2, -0.15) is 0 Å². The molecule has 0 atom stereocenters. The second-order valence-electron chi connectivity index (χ2n) is 8.61. The van der Waals surface area contributed by atoms with Crippen LogP contribution in [-0.4, -0.2) is 53.3 Å². The first-order chi connectivity index (χ1) is 17.4. The highest BCUT2D eigenvalue weighted by atomic mass is 79.9. The highest BCUT2D eigenvalue weighted by molar-refractivity contribution is 9.10. The molecule has 1 aliphatic rings. The topological polar surface area (TPSA) is 62.7 Å². The zero-order valence-electron chi connectivity index (χ0n) is 19.6. The summed E-state index contributed by atoms with van der Waals surface area (Å²) in [4.78, 5) is 34.9.